The molecule has 1 atom stereocenters. The Morgan fingerprint density at radius 3 is 2.74 bits per heavy atom. The number of nitrogens with one attached hydrogen (secondary N) is 1. The highest BCUT2D eigenvalue weighted by atomic mass is 32.2. The summed E-state index contributed by atoms with van der Waals surface area (Å²) in [5.41, 5.74) is 3.88. The number of nitriles is 1. The van der Waals surface area contributed by atoms with Gasteiger partial charge in [-0.3, -0.25) is 4.79 Å². The Bertz CT molecular complexity index is 866. The lowest BCUT2D eigenvalue weighted by Crippen LogP contribution is -2.27. The maximum atomic E-state index is 12.2. The van der Waals surface area contributed by atoms with Crippen LogP contribution in [0.5, 0.6) is 0 Å². The first-order chi connectivity index (χ1) is 12.9. The summed E-state index contributed by atoms with van der Waals surface area (Å²) in [6, 6.07) is 13.6. The molecule has 5 heteroatoms. The third-order valence-electron chi connectivity index (χ3n) is 5.09. The molecule has 1 aromatic carbocycles. The van der Waals surface area contributed by atoms with E-state index in [-0.39, 0.29) is 17.1 Å². The lowest BCUT2D eigenvalue weighted by Gasteiger charge is -2.34. The minimum atomic E-state index is -0.0950. The van der Waals surface area contributed by atoms with Gasteiger partial charge in [0.1, 0.15) is 11.1 Å². The van der Waals surface area contributed by atoms with Crippen molar-refractivity contribution in [2.24, 2.45) is 11.3 Å². The summed E-state index contributed by atoms with van der Waals surface area (Å²) in [4.78, 5) is 16.9. The molecule has 0 saturated heterocycles. The summed E-state index contributed by atoms with van der Waals surface area (Å²) in [6.45, 7) is 6.82. The molecular weight excluding hydrogens is 354 g/mol. The number of anilines is 1. The van der Waals surface area contributed by atoms with Crippen LogP contribution in [-0.4, -0.2) is 16.6 Å². The molecule has 1 amide bonds. The molecule has 1 aliphatic carbocycles. The fraction of sp³-hybridized carbons (Fsp3) is 0.409. The molecule has 1 aromatic heterocycles. The zero-order valence-electron chi connectivity index (χ0n) is 16.1. The average molecular weight is 380 g/mol. The number of para-hydroxylation sites is 1. The van der Waals surface area contributed by atoms with Crippen molar-refractivity contribution in [3.63, 3.8) is 0 Å². The minimum absolute atomic E-state index is 0.0950. The van der Waals surface area contributed by atoms with E-state index in [1.54, 1.807) is 0 Å². The number of rotatable bonds is 4. The van der Waals surface area contributed by atoms with Gasteiger partial charge in [0, 0.05) is 11.4 Å². The van der Waals surface area contributed by atoms with Gasteiger partial charge < -0.3 is 5.32 Å². The molecule has 0 spiro atoms. The van der Waals surface area contributed by atoms with Crippen LogP contribution in [-0.2, 0) is 17.6 Å². The van der Waals surface area contributed by atoms with E-state index in [4.69, 9.17) is 4.98 Å². The van der Waals surface area contributed by atoms with Crippen molar-refractivity contribution in [2.45, 2.75) is 45.1 Å². The lowest BCUT2D eigenvalue weighted by atomic mass is 9.71. The quantitative estimate of drug-likeness (QED) is 0.772. The number of aryl methyl sites for hydroxylation is 1. The third kappa shape index (κ3) is 4.90. The van der Waals surface area contributed by atoms with Crippen LogP contribution in [0.15, 0.2) is 41.4 Å². The number of benzene rings is 1. The summed E-state index contributed by atoms with van der Waals surface area (Å²) in [5, 5.41) is 13.1. The first-order valence-electron chi connectivity index (χ1n) is 9.27. The Balaban J connectivity index is 1.70. The van der Waals surface area contributed by atoms with Crippen molar-refractivity contribution in [3.8, 4) is 6.07 Å². The van der Waals surface area contributed by atoms with E-state index in [1.165, 1.54) is 17.3 Å². The predicted molar refractivity (Wildman–Crippen MR) is 110 cm³/mol. The van der Waals surface area contributed by atoms with Gasteiger partial charge in [0.2, 0.25) is 5.91 Å². The molecule has 0 unspecified atom stereocenters. The Kier molecular flexibility index (Phi) is 5.86. The summed E-state index contributed by atoms with van der Waals surface area (Å²) in [7, 11) is 0. The topological polar surface area (TPSA) is 65.8 Å². The zero-order valence-corrected chi connectivity index (χ0v) is 16.9. The maximum Gasteiger partial charge on any atom is 0.234 e. The lowest BCUT2D eigenvalue weighted by molar-refractivity contribution is -0.113. The van der Waals surface area contributed by atoms with Crippen molar-refractivity contribution >= 4 is 23.4 Å². The van der Waals surface area contributed by atoms with Crippen LogP contribution in [0.2, 0.25) is 0 Å². The Hall–Kier alpha value is -2.32. The van der Waals surface area contributed by atoms with Crippen LogP contribution in [0, 0.1) is 22.7 Å². The number of hydrogen-bond acceptors (Lipinski definition) is 4. The monoisotopic (exact) mass is 379 g/mol. The summed E-state index contributed by atoms with van der Waals surface area (Å²) in [5.74, 6) is 0.746. The third-order valence-corrected chi connectivity index (χ3v) is 6.09. The highest BCUT2D eigenvalue weighted by Crippen LogP contribution is 2.38. The molecule has 140 valence electrons. The second kappa shape index (κ2) is 8.14. The molecule has 2 aromatic rings. The number of nitrogens with zero attached hydrogens (tertiary/aromatic N) is 2. The van der Waals surface area contributed by atoms with Crippen molar-refractivity contribution < 1.29 is 4.79 Å². The minimum Gasteiger partial charge on any atom is -0.325 e. The van der Waals surface area contributed by atoms with Gasteiger partial charge in [-0.1, -0.05) is 50.7 Å². The Labute approximate surface area is 165 Å². The Morgan fingerprint density at radius 1 is 1.33 bits per heavy atom. The summed E-state index contributed by atoms with van der Waals surface area (Å²) in [6.07, 6.45) is 3.03. The van der Waals surface area contributed by atoms with Crippen LogP contribution in [0.1, 0.15) is 44.0 Å². The normalized spacial score (nSPS) is 16.3. The summed E-state index contributed by atoms with van der Waals surface area (Å²) < 4.78 is 0. The van der Waals surface area contributed by atoms with Gasteiger partial charge in [-0.25, -0.2) is 4.98 Å². The van der Waals surface area contributed by atoms with Gasteiger partial charge in [-0.15, -0.1) is 0 Å². The fourth-order valence-corrected chi connectivity index (χ4v) is 4.20. The van der Waals surface area contributed by atoms with Gasteiger partial charge in [-0.2, -0.15) is 5.26 Å². The molecule has 3 rings (SSSR count). The molecule has 0 saturated carbocycles. The van der Waals surface area contributed by atoms with Gasteiger partial charge >= 0.3 is 0 Å². The van der Waals surface area contributed by atoms with Crippen LogP contribution >= 0.6 is 11.8 Å². The molecule has 4 nitrogen and oxygen atoms in total. The van der Waals surface area contributed by atoms with E-state index in [0.717, 1.165) is 30.6 Å². The second-order valence-corrected chi connectivity index (χ2v) is 9.03. The van der Waals surface area contributed by atoms with Gasteiger partial charge in [-0.05, 0) is 54.4 Å². The van der Waals surface area contributed by atoms with E-state index in [0.29, 0.717) is 16.5 Å². The number of aromatic nitrogens is 1. The van der Waals surface area contributed by atoms with Gasteiger partial charge in [0.05, 0.1) is 11.3 Å². The zero-order chi connectivity index (χ0) is 19.4. The number of carbonyl (C=O) groups excluding carboxylic acids is 1. The number of hydrogen-bond donors (Lipinski definition) is 1. The largest absolute Gasteiger partial charge is 0.325 e. The number of pyridine rings is 1. The van der Waals surface area contributed by atoms with E-state index < -0.39 is 0 Å². The first kappa shape index (κ1) is 19.4. The molecule has 1 heterocycles. The van der Waals surface area contributed by atoms with Crippen LogP contribution in [0.4, 0.5) is 5.69 Å². The molecule has 27 heavy (non-hydrogen) atoms. The second-order valence-electron chi connectivity index (χ2n) is 8.07. The fourth-order valence-electron chi connectivity index (χ4n) is 3.43. The van der Waals surface area contributed by atoms with Crippen molar-refractivity contribution in [3.05, 3.63) is 53.2 Å². The SMILES string of the molecule is CC(C)(C)[C@@H]1CCc2nc(SCC(=O)Nc3ccccc3)c(C#N)cc2C1. The smallest absolute Gasteiger partial charge is 0.234 e. The molecule has 0 radical (unpaired) electrons. The number of fused-ring (bicyclic) bond motifs is 1. The van der Waals surface area contributed by atoms with Crippen LogP contribution < -0.4 is 5.32 Å². The number of carbonyl (C=O) groups is 1. The van der Waals surface area contributed by atoms with Crippen molar-refractivity contribution in [2.75, 3.05) is 11.1 Å². The molecule has 1 N–H and O–H groups in total. The number of amides is 1. The van der Waals surface area contributed by atoms with Crippen molar-refractivity contribution in [1.29, 1.82) is 5.26 Å². The molecule has 0 aliphatic heterocycles. The van der Waals surface area contributed by atoms with Gasteiger partial charge in [0.15, 0.2) is 0 Å². The predicted octanol–water partition coefficient (Wildman–Crippen LogP) is 4.84. The van der Waals surface area contributed by atoms with Gasteiger partial charge in [0.25, 0.3) is 0 Å². The highest BCUT2D eigenvalue weighted by Gasteiger charge is 2.30. The maximum absolute atomic E-state index is 12.2. The van der Waals surface area contributed by atoms with E-state index in [9.17, 15) is 10.1 Å². The molecule has 0 bridgehead atoms. The molecular formula is C22H25N3OS. The Morgan fingerprint density at radius 2 is 2.07 bits per heavy atom. The first-order valence-corrected chi connectivity index (χ1v) is 10.3. The van der Waals surface area contributed by atoms with E-state index in [1.807, 2.05) is 36.4 Å². The number of thioether (sulfide) groups is 1. The van der Waals surface area contributed by atoms with E-state index in [2.05, 4.69) is 32.2 Å². The standard InChI is InChI=1S/C22H25N3OS/c1-22(2,3)17-9-10-19-15(12-17)11-16(13-23)21(25-19)27-14-20(26)24-18-7-5-4-6-8-18/h4-8,11,17H,9-10,12,14H2,1-3H3,(H,24,26)/t17-/m1/s1. The molecule has 1 aliphatic rings. The van der Waals surface area contributed by atoms with E-state index >= 15 is 0 Å². The van der Waals surface area contributed by atoms with Crippen LogP contribution in [0.3, 0.4) is 0 Å². The highest BCUT2D eigenvalue weighted by molar-refractivity contribution is 8.00. The van der Waals surface area contributed by atoms with Crippen LogP contribution in [0.25, 0.3) is 0 Å². The average Bonchev–Trinajstić information content (AvgIpc) is 2.65. The summed E-state index contributed by atoms with van der Waals surface area (Å²) >= 11 is 1.33. The van der Waals surface area contributed by atoms with Crippen molar-refractivity contribution in [1.82, 2.24) is 4.98 Å². The molecule has 0 fully saturated rings.